The van der Waals surface area contributed by atoms with Gasteiger partial charge in [-0.1, -0.05) is 20.3 Å². The molecular weight excluding hydrogens is 234 g/mol. The summed E-state index contributed by atoms with van der Waals surface area (Å²) in [4.78, 5) is 12.0. The number of hydrogen-bond donors (Lipinski definition) is 0. The molecule has 0 radical (unpaired) electrons. The lowest BCUT2D eigenvalue weighted by Crippen LogP contribution is -2.27. The van der Waals surface area contributed by atoms with Gasteiger partial charge >= 0.3 is 0 Å². The lowest BCUT2D eigenvalue weighted by Gasteiger charge is -2.37. The highest BCUT2D eigenvalue weighted by Crippen LogP contribution is 2.43. The van der Waals surface area contributed by atoms with Gasteiger partial charge in [0, 0.05) is 29.4 Å². The van der Waals surface area contributed by atoms with Gasteiger partial charge in [-0.2, -0.15) is 0 Å². The Labute approximate surface area is 116 Å². The van der Waals surface area contributed by atoms with Crippen molar-refractivity contribution in [2.45, 2.75) is 71.8 Å². The van der Waals surface area contributed by atoms with E-state index in [1.807, 2.05) is 0 Å². The van der Waals surface area contributed by atoms with Crippen molar-refractivity contribution in [3.05, 3.63) is 23.0 Å². The first kappa shape index (κ1) is 13.0. The molecule has 1 aromatic heterocycles. The maximum Gasteiger partial charge on any atom is 0.164 e. The van der Waals surface area contributed by atoms with E-state index in [0.29, 0.717) is 17.2 Å². The zero-order valence-corrected chi connectivity index (χ0v) is 12.5. The van der Waals surface area contributed by atoms with Crippen LogP contribution in [0.15, 0.2) is 6.07 Å². The van der Waals surface area contributed by atoms with Crippen LogP contribution in [0.3, 0.4) is 0 Å². The second kappa shape index (κ2) is 4.50. The van der Waals surface area contributed by atoms with E-state index in [1.54, 1.807) is 0 Å². The third kappa shape index (κ3) is 2.26. The van der Waals surface area contributed by atoms with Crippen LogP contribution in [0.1, 0.15) is 80.2 Å². The van der Waals surface area contributed by atoms with Crippen molar-refractivity contribution in [1.82, 2.24) is 4.57 Å². The fraction of sp³-hybridized carbons (Fsp3) is 0.706. The predicted octanol–water partition coefficient (Wildman–Crippen LogP) is 4.46. The number of carbonyl (C=O) groups is 1. The Balaban J connectivity index is 1.99. The van der Waals surface area contributed by atoms with Crippen LogP contribution >= 0.6 is 0 Å². The fourth-order valence-corrected chi connectivity index (χ4v) is 4.14. The molecule has 2 aliphatic rings. The van der Waals surface area contributed by atoms with Gasteiger partial charge in [0.05, 0.1) is 0 Å². The molecule has 2 nitrogen and oxygen atoms in total. The first-order valence-corrected chi connectivity index (χ1v) is 7.72. The molecule has 0 aliphatic heterocycles. The van der Waals surface area contributed by atoms with Gasteiger partial charge in [-0.15, -0.1) is 0 Å². The normalized spacial score (nSPS) is 26.3. The molecule has 0 bridgehead atoms. The Morgan fingerprint density at radius 3 is 2.79 bits per heavy atom. The molecule has 19 heavy (non-hydrogen) atoms. The quantitative estimate of drug-likeness (QED) is 0.730. The van der Waals surface area contributed by atoms with Crippen molar-refractivity contribution < 1.29 is 4.79 Å². The molecule has 0 N–H and O–H groups in total. The van der Waals surface area contributed by atoms with Crippen molar-refractivity contribution in [1.29, 1.82) is 0 Å². The Hall–Kier alpha value is -1.05. The van der Waals surface area contributed by atoms with E-state index >= 15 is 0 Å². The topological polar surface area (TPSA) is 22.0 Å². The van der Waals surface area contributed by atoms with Crippen molar-refractivity contribution in [3.8, 4) is 0 Å². The van der Waals surface area contributed by atoms with Crippen molar-refractivity contribution in [2.75, 3.05) is 0 Å². The summed E-state index contributed by atoms with van der Waals surface area (Å²) in [7, 11) is 0. The van der Waals surface area contributed by atoms with E-state index in [-0.39, 0.29) is 0 Å². The minimum atomic E-state index is 0.359. The van der Waals surface area contributed by atoms with Gasteiger partial charge in [0.2, 0.25) is 0 Å². The zero-order valence-electron chi connectivity index (χ0n) is 12.5. The molecule has 1 heterocycles. The van der Waals surface area contributed by atoms with E-state index in [4.69, 9.17) is 0 Å². The maximum atomic E-state index is 12.0. The molecule has 0 saturated heterocycles. The number of Topliss-reactive ketones (excluding diaryl/α,β-unsaturated/α-hetero) is 1. The lowest BCUT2D eigenvalue weighted by molar-refractivity contribution is 0.0970. The molecule has 1 unspecified atom stereocenters. The van der Waals surface area contributed by atoms with Crippen molar-refractivity contribution in [2.24, 2.45) is 5.41 Å². The van der Waals surface area contributed by atoms with Crippen LogP contribution < -0.4 is 0 Å². The first-order valence-electron chi connectivity index (χ1n) is 7.72. The molecule has 0 aromatic carbocycles. The monoisotopic (exact) mass is 259 g/mol. The van der Waals surface area contributed by atoms with Crippen LogP contribution in [0.4, 0.5) is 0 Å². The summed E-state index contributed by atoms with van der Waals surface area (Å²) < 4.78 is 2.51. The molecule has 2 heteroatoms. The van der Waals surface area contributed by atoms with E-state index in [9.17, 15) is 4.79 Å². The van der Waals surface area contributed by atoms with Crippen LogP contribution in [-0.4, -0.2) is 10.4 Å². The van der Waals surface area contributed by atoms with E-state index < -0.39 is 0 Å². The van der Waals surface area contributed by atoms with Crippen LogP contribution in [0, 0.1) is 12.3 Å². The fourth-order valence-electron chi connectivity index (χ4n) is 4.14. The molecule has 1 fully saturated rings. The molecular formula is C17H25NO. The predicted molar refractivity (Wildman–Crippen MR) is 77.7 cm³/mol. The minimum absolute atomic E-state index is 0.359. The molecule has 1 atom stereocenters. The molecule has 1 saturated carbocycles. The number of rotatable bonds is 1. The highest BCUT2D eigenvalue weighted by molar-refractivity contribution is 5.98. The lowest BCUT2D eigenvalue weighted by atomic mass is 9.75. The number of hydrogen-bond acceptors (Lipinski definition) is 1. The van der Waals surface area contributed by atoms with Crippen LogP contribution in [0.2, 0.25) is 0 Å². The smallest absolute Gasteiger partial charge is 0.164 e. The summed E-state index contributed by atoms with van der Waals surface area (Å²) in [6, 6.07) is 2.75. The SMILES string of the molecule is Cc1cc2c(n1C1CCCC(C)(C)C1)CCCC2=O. The second-order valence-electron chi connectivity index (χ2n) is 7.21. The molecule has 1 aromatic rings. The van der Waals surface area contributed by atoms with Gasteiger partial charge in [-0.3, -0.25) is 4.79 Å². The minimum Gasteiger partial charge on any atom is -0.345 e. The van der Waals surface area contributed by atoms with Gasteiger partial charge in [-0.25, -0.2) is 0 Å². The molecule has 104 valence electrons. The molecule has 3 rings (SSSR count). The third-order valence-corrected chi connectivity index (χ3v) is 5.00. The second-order valence-corrected chi connectivity index (χ2v) is 7.21. The summed E-state index contributed by atoms with van der Waals surface area (Å²) in [5.74, 6) is 0.359. The summed E-state index contributed by atoms with van der Waals surface area (Å²) in [5, 5.41) is 0. The maximum absolute atomic E-state index is 12.0. The standard InChI is InChI=1S/C17H25NO/c1-12-10-14-15(7-4-8-16(14)19)18(12)13-6-5-9-17(2,3)11-13/h10,13H,4-9,11H2,1-3H3. The molecule has 0 amide bonds. The number of carbonyl (C=O) groups excluding carboxylic acids is 1. The first-order chi connectivity index (χ1) is 8.98. The Morgan fingerprint density at radius 2 is 2.05 bits per heavy atom. The summed E-state index contributed by atoms with van der Waals surface area (Å²) in [6.45, 7) is 6.94. The largest absolute Gasteiger partial charge is 0.345 e. The number of ketones is 1. The van der Waals surface area contributed by atoms with Gasteiger partial charge in [-0.05, 0) is 50.5 Å². The molecule has 0 spiro atoms. The van der Waals surface area contributed by atoms with E-state index in [1.165, 1.54) is 37.1 Å². The highest BCUT2D eigenvalue weighted by Gasteiger charge is 2.32. The van der Waals surface area contributed by atoms with Crippen LogP contribution in [-0.2, 0) is 6.42 Å². The van der Waals surface area contributed by atoms with Gasteiger partial charge < -0.3 is 4.57 Å². The average molecular weight is 259 g/mol. The number of aryl methyl sites for hydroxylation is 1. The van der Waals surface area contributed by atoms with Crippen LogP contribution in [0.25, 0.3) is 0 Å². The Bertz CT molecular complexity index is 510. The summed E-state index contributed by atoms with van der Waals surface area (Å²) in [5.41, 5.74) is 4.09. The Kier molecular flexibility index (Phi) is 3.07. The van der Waals surface area contributed by atoms with E-state index in [0.717, 1.165) is 24.8 Å². The average Bonchev–Trinajstić information content (AvgIpc) is 2.66. The van der Waals surface area contributed by atoms with Crippen molar-refractivity contribution >= 4 is 5.78 Å². The number of aromatic nitrogens is 1. The zero-order chi connectivity index (χ0) is 13.6. The highest BCUT2D eigenvalue weighted by atomic mass is 16.1. The van der Waals surface area contributed by atoms with Gasteiger partial charge in [0.15, 0.2) is 5.78 Å². The third-order valence-electron chi connectivity index (χ3n) is 5.00. The van der Waals surface area contributed by atoms with E-state index in [2.05, 4.69) is 31.4 Å². The summed E-state index contributed by atoms with van der Waals surface area (Å²) >= 11 is 0. The molecule has 2 aliphatic carbocycles. The summed E-state index contributed by atoms with van der Waals surface area (Å²) in [6.07, 6.45) is 8.05. The van der Waals surface area contributed by atoms with Gasteiger partial charge in [0.1, 0.15) is 0 Å². The number of nitrogens with zero attached hydrogens (tertiary/aromatic N) is 1. The van der Waals surface area contributed by atoms with Gasteiger partial charge in [0.25, 0.3) is 0 Å². The van der Waals surface area contributed by atoms with Crippen molar-refractivity contribution in [3.63, 3.8) is 0 Å². The number of fused-ring (bicyclic) bond motifs is 1. The Morgan fingerprint density at radius 1 is 1.26 bits per heavy atom. The van der Waals surface area contributed by atoms with Crippen LogP contribution in [0.5, 0.6) is 0 Å².